The number of Topliss-reactive ketones (excluding diaryl/α,β-unsaturated/α-hetero) is 2. The molecule has 184 valence electrons. The molecular weight excluding hydrogens is 408 g/mol. The van der Waals surface area contributed by atoms with Gasteiger partial charge in [-0.2, -0.15) is 0 Å². The number of carbonyl (C=O) groups is 2. The smallest absolute Gasteiger partial charge is 0.140 e. The van der Waals surface area contributed by atoms with Gasteiger partial charge in [0, 0.05) is 24.2 Å². The summed E-state index contributed by atoms with van der Waals surface area (Å²) in [6.07, 6.45) is 12.3. The van der Waals surface area contributed by atoms with Crippen molar-refractivity contribution in [2.75, 3.05) is 6.61 Å². The van der Waals surface area contributed by atoms with Gasteiger partial charge in [0.15, 0.2) is 0 Å². The molecule has 1 unspecified atom stereocenters. The first-order valence-corrected chi connectivity index (χ1v) is 13.4. The SMILES string of the molecule is C/C(=C\CC[C@@H](C)[C@H]1CC[C@@]2(C)C3C(=O)C[C@H]4C(C)(C)C(=O)CC[C@]4(C)C3=CC[C@]12C)CO. The molecule has 0 saturated heterocycles. The van der Waals surface area contributed by atoms with Crippen LogP contribution in [0.4, 0.5) is 0 Å². The zero-order valence-corrected chi connectivity index (χ0v) is 22.1. The topological polar surface area (TPSA) is 54.4 Å². The first-order chi connectivity index (χ1) is 15.3. The lowest BCUT2D eigenvalue weighted by molar-refractivity contribution is -0.151. The van der Waals surface area contributed by atoms with Gasteiger partial charge in [-0.25, -0.2) is 0 Å². The van der Waals surface area contributed by atoms with Crippen molar-refractivity contribution in [3.05, 3.63) is 23.3 Å². The third-order valence-corrected chi connectivity index (χ3v) is 11.5. The van der Waals surface area contributed by atoms with E-state index in [-0.39, 0.29) is 34.7 Å². The van der Waals surface area contributed by atoms with Crippen molar-refractivity contribution in [1.29, 1.82) is 0 Å². The molecule has 0 aromatic heterocycles. The molecule has 4 rings (SSSR count). The van der Waals surface area contributed by atoms with E-state index >= 15 is 0 Å². The number of hydrogen-bond acceptors (Lipinski definition) is 3. The van der Waals surface area contributed by atoms with E-state index in [0.717, 1.165) is 37.7 Å². The summed E-state index contributed by atoms with van der Waals surface area (Å²) < 4.78 is 0. The van der Waals surface area contributed by atoms with Crippen LogP contribution >= 0.6 is 0 Å². The minimum absolute atomic E-state index is 0.00350. The Balaban J connectivity index is 1.66. The van der Waals surface area contributed by atoms with Crippen LogP contribution in [-0.4, -0.2) is 23.3 Å². The summed E-state index contributed by atoms with van der Waals surface area (Å²) in [6.45, 7) is 16.0. The van der Waals surface area contributed by atoms with E-state index in [0.29, 0.717) is 36.2 Å². The second-order valence-corrected chi connectivity index (χ2v) is 13.3. The van der Waals surface area contributed by atoms with Crippen LogP contribution in [0.25, 0.3) is 0 Å². The van der Waals surface area contributed by atoms with Gasteiger partial charge in [0.25, 0.3) is 0 Å². The molecule has 0 aromatic rings. The maximum Gasteiger partial charge on any atom is 0.140 e. The Morgan fingerprint density at radius 3 is 2.52 bits per heavy atom. The Bertz CT molecular complexity index is 894. The Labute approximate surface area is 201 Å². The Morgan fingerprint density at radius 1 is 1.15 bits per heavy atom. The van der Waals surface area contributed by atoms with E-state index in [9.17, 15) is 14.7 Å². The molecule has 33 heavy (non-hydrogen) atoms. The van der Waals surface area contributed by atoms with Crippen LogP contribution < -0.4 is 0 Å². The fourth-order valence-corrected chi connectivity index (χ4v) is 8.99. The molecule has 0 bridgehead atoms. The van der Waals surface area contributed by atoms with Crippen molar-refractivity contribution < 1.29 is 14.7 Å². The van der Waals surface area contributed by atoms with Crippen LogP contribution in [0.3, 0.4) is 0 Å². The van der Waals surface area contributed by atoms with E-state index < -0.39 is 5.41 Å². The van der Waals surface area contributed by atoms with Gasteiger partial charge in [-0.3, -0.25) is 9.59 Å². The number of allylic oxidation sites excluding steroid dienone is 3. The largest absolute Gasteiger partial charge is 0.392 e. The van der Waals surface area contributed by atoms with Crippen molar-refractivity contribution >= 4 is 11.6 Å². The van der Waals surface area contributed by atoms with Gasteiger partial charge in [-0.1, -0.05) is 64.8 Å². The average molecular weight is 455 g/mol. The number of ketones is 2. The number of hydrogen-bond donors (Lipinski definition) is 1. The molecule has 4 aliphatic carbocycles. The molecule has 0 radical (unpaired) electrons. The van der Waals surface area contributed by atoms with Crippen LogP contribution in [0.5, 0.6) is 0 Å². The molecular formula is C30H46O3. The highest BCUT2D eigenvalue weighted by Crippen LogP contribution is 2.72. The van der Waals surface area contributed by atoms with Gasteiger partial charge in [0.2, 0.25) is 0 Å². The third-order valence-electron chi connectivity index (χ3n) is 11.5. The summed E-state index contributed by atoms with van der Waals surface area (Å²) in [7, 11) is 0. The van der Waals surface area contributed by atoms with Crippen molar-refractivity contribution in [1.82, 2.24) is 0 Å². The van der Waals surface area contributed by atoms with Crippen molar-refractivity contribution in [3.8, 4) is 0 Å². The summed E-state index contributed by atoms with van der Waals surface area (Å²) in [5.74, 6) is 2.11. The fourth-order valence-electron chi connectivity index (χ4n) is 8.99. The first kappa shape index (κ1) is 24.9. The molecule has 0 heterocycles. The second-order valence-electron chi connectivity index (χ2n) is 13.3. The Hall–Kier alpha value is -1.22. The van der Waals surface area contributed by atoms with Crippen molar-refractivity contribution in [2.24, 2.45) is 45.3 Å². The molecule has 3 saturated carbocycles. The Kier molecular flexibility index (Phi) is 6.17. The maximum absolute atomic E-state index is 13.9. The molecule has 3 nitrogen and oxygen atoms in total. The molecule has 1 N–H and O–H groups in total. The van der Waals surface area contributed by atoms with Crippen molar-refractivity contribution in [3.63, 3.8) is 0 Å². The van der Waals surface area contributed by atoms with E-state index in [2.05, 4.69) is 53.7 Å². The van der Waals surface area contributed by atoms with Crippen LogP contribution in [0.2, 0.25) is 0 Å². The molecule has 3 heteroatoms. The Morgan fingerprint density at radius 2 is 1.85 bits per heavy atom. The minimum Gasteiger partial charge on any atom is -0.392 e. The summed E-state index contributed by atoms with van der Waals surface area (Å²) >= 11 is 0. The van der Waals surface area contributed by atoms with Gasteiger partial charge in [-0.15, -0.1) is 0 Å². The first-order valence-electron chi connectivity index (χ1n) is 13.4. The molecule has 0 spiro atoms. The zero-order chi connectivity index (χ0) is 24.4. The van der Waals surface area contributed by atoms with Crippen LogP contribution in [0.1, 0.15) is 99.8 Å². The molecule has 0 aliphatic heterocycles. The molecule has 0 amide bonds. The van der Waals surface area contributed by atoms with Crippen molar-refractivity contribution in [2.45, 2.75) is 99.8 Å². The van der Waals surface area contributed by atoms with Crippen LogP contribution in [0.15, 0.2) is 23.3 Å². The van der Waals surface area contributed by atoms with Crippen LogP contribution in [-0.2, 0) is 9.59 Å². The quantitative estimate of drug-likeness (QED) is 0.471. The standard InChI is InChI=1S/C30H46O3/c1-19(18-31)9-8-10-20(2)21-11-16-30(7)26-22(12-15-29(21,30)6)28(5)14-13-25(33)27(3,4)24(28)17-23(26)32/h9,12,20-21,24,26,31H,8,10-11,13-18H2,1-7H3/b19-9+/t20-,21-,24+,26?,28-,29-,30+/m1/s1. The van der Waals surface area contributed by atoms with Gasteiger partial charge in [0.1, 0.15) is 11.6 Å². The maximum atomic E-state index is 13.9. The number of rotatable bonds is 5. The van der Waals surface area contributed by atoms with E-state index in [1.807, 2.05) is 6.92 Å². The van der Waals surface area contributed by atoms with Gasteiger partial charge >= 0.3 is 0 Å². The number of fused-ring (bicyclic) bond motifs is 5. The van der Waals surface area contributed by atoms with Gasteiger partial charge in [-0.05, 0) is 79.4 Å². The molecule has 0 aromatic carbocycles. The summed E-state index contributed by atoms with van der Waals surface area (Å²) in [4.78, 5) is 26.7. The highest BCUT2D eigenvalue weighted by molar-refractivity contribution is 5.91. The lowest BCUT2D eigenvalue weighted by Gasteiger charge is -2.62. The molecule has 4 aliphatic rings. The lowest BCUT2D eigenvalue weighted by Crippen LogP contribution is -2.59. The fraction of sp³-hybridized carbons (Fsp3) is 0.800. The van der Waals surface area contributed by atoms with E-state index in [4.69, 9.17) is 0 Å². The molecule has 7 atom stereocenters. The highest BCUT2D eigenvalue weighted by atomic mass is 16.3. The van der Waals surface area contributed by atoms with Crippen LogP contribution in [0, 0.1) is 45.3 Å². The average Bonchev–Trinajstić information content (AvgIpc) is 3.04. The molecule has 3 fully saturated rings. The monoisotopic (exact) mass is 454 g/mol. The summed E-state index contributed by atoms with van der Waals surface area (Å²) in [6, 6.07) is 0. The predicted octanol–water partition coefficient (Wildman–Crippen LogP) is 6.69. The normalized spacial score (nSPS) is 43.5. The van der Waals surface area contributed by atoms with E-state index in [1.165, 1.54) is 12.0 Å². The minimum atomic E-state index is -0.414. The van der Waals surface area contributed by atoms with E-state index in [1.54, 1.807) is 0 Å². The lowest BCUT2D eigenvalue weighted by atomic mass is 9.41. The number of aliphatic hydroxyl groups is 1. The summed E-state index contributed by atoms with van der Waals surface area (Å²) in [5.41, 5.74) is 2.14. The zero-order valence-electron chi connectivity index (χ0n) is 22.1. The number of carbonyl (C=O) groups excluding carboxylic acids is 2. The highest BCUT2D eigenvalue weighted by Gasteiger charge is 2.67. The summed E-state index contributed by atoms with van der Waals surface area (Å²) in [5, 5.41) is 9.30. The predicted molar refractivity (Wildman–Crippen MR) is 134 cm³/mol. The third kappa shape index (κ3) is 3.46. The van der Waals surface area contributed by atoms with Gasteiger partial charge < -0.3 is 5.11 Å². The second kappa shape index (κ2) is 8.18. The number of aliphatic hydroxyl groups excluding tert-OH is 1. The van der Waals surface area contributed by atoms with Gasteiger partial charge in [0.05, 0.1) is 6.61 Å².